The molecule has 37 heavy (non-hydrogen) atoms. The fraction of sp³-hybridized carbons (Fsp3) is 0.357. The van der Waals surface area contributed by atoms with Crippen LogP contribution in [0.5, 0.6) is 17.2 Å². The minimum absolute atomic E-state index is 0.0650. The number of nitrogens with zero attached hydrogens (tertiary/aromatic N) is 3. The van der Waals surface area contributed by atoms with Crippen LogP contribution in [0.2, 0.25) is 0 Å². The minimum atomic E-state index is -0.553. The first-order valence-corrected chi connectivity index (χ1v) is 13.0. The third-order valence-electron chi connectivity index (χ3n) is 5.69. The smallest absolute Gasteiger partial charge is 0.268 e. The number of carbonyl (C=O) groups is 1. The van der Waals surface area contributed by atoms with Crippen LogP contribution in [0.25, 0.3) is 6.08 Å². The first kappa shape index (κ1) is 27.7. The van der Waals surface area contributed by atoms with Crippen LogP contribution in [0.3, 0.4) is 0 Å². The van der Waals surface area contributed by atoms with E-state index in [0.717, 1.165) is 17.2 Å². The number of benzene rings is 2. The lowest BCUT2D eigenvalue weighted by Crippen LogP contribution is -2.13. The van der Waals surface area contributed by atoms with E-state index in [9.17, 15) is 10.1 Å². The number of aromatic nitrogens is 2. The Hall–Kier alpha value is -3.90. The first-order chi connectivity index (χ1) is 17.8. The molecule has 194 valence electrons. The van der Waals surface area contributed by atoms with Crippen LogP contribution >= 0.6 is 11.3 Å². The van der Waals surface area contributed by atoms with Gasteiger partial charge in [-0.25, -0.2) is 0 Å². The average molecular weight is 521 g/mol. The predicted molar refractivity (Wildman–Crippen MR) is 145 cm³/mol. The van der Waals surface area contributed by atoms with Gasteiger partial charge in [0.05, 0.1) is 7.11 Å². The van der Waals surface area contributed by atoms with Crippen molar-refractivity contribution in [3.05, 3.63) is 64.2 Å². The summed E-state index contributed by atoms with van der Waals surface area (Å²) in [5, 5.41) is 21.3. The Balaban J connectivity index is 1.58. The quantitative estimate of drug-likeness (QED) is 0.172. The van der Waals surface area contributed by atoms with E-state index in [4.69, 9.17) is 14.2 Å². The lowest BCUT2D eigenvalue weighted by atomic mass is 9.99. The highest BCUT2D eigenvalue weighted by molar-refractivity contribution is 7.15. The number of hydrogen-bond acceptors (Lipinski definition) is 8. The number of carbonyl (C=O) groups excluding carboxylic acids is 1. The predicted octanol–water partition coefficient (Wildman–Crippen LogP) is 6.19. The summed E-state index contributed by atoms with van der Waals surface area (Å²) in [5.74, 6) is 1.98. The molecule has 9 heteroatoms. The van der Waals surface area contributed by atoms with Gasteiger partial charge in [-0.05, 0) is 53.8 Å². The topological polar surface area (TPSA) is 106 Å². The van der Waals surface area contributed by atoms with Crippen molar-refractivity contribution in [1.29, 1.82) is 5.26 Å². The Kier molecular flexibility index (Phi) is 10.0. The third-order valence-corrected chi connectivity index (χ3v) is 6.83. The van der Waals surface area contributed by atoms with Crippen molar-refractivity contribution in [2.75, 3.05) is 25.6 Å². The zero-order valence-corrected chi connectivity index (χ0v) is 22.6. The maximum atomic E-state index is 12.6. The van der Waals surface area contributed by atoms with E-state index in [1.54, 1.807) is 18.2 Å². The van der Waals surface area contributed by atoms with Gasteiger partial charge in [-0.3, -0.25) is 10.1 Å². The Morgan fingerprint density at radius 3 is 2.43 bits per heavy atom. The van der Waals surface area contributed by atoms with Gasteiger partial charge in [0.2, 0.25) is 5.13 Å². The average Bonchev–Trinajstić information content (AvgIpc) is 3.38. The molecule has 0 bridgehead atoms. The Bertz CT molecular complexity index is 1260. The fourth-order valence-electron chi connectivity index (χ4n) is 3.33. The maximum Gasteiger partial charge on any atom is 0.268 e. The van der Waals surface area contributed by atoms with Crippen LogP contribution in [0.15, 0.2) is 48.0 Å². The number of nitriles is 1. The van der Waals surface area contributed by atoms with Crippen LogP contribution in [0, 0.1) is 11.3 Å². The van der Waals surface area contributed by atoms with E-state index in [1.807, 2.05) is 32.0 Å². The fourth-order valence-corrected chi connectivity index (χ4v) is 4.07. The van der Waals surface area contributed by atoms with Gasteiger partial charge in [0.15, 0.2) is 11.5 Å². The number of hydrogen-bond donors (Lipinski definition) is 1. The molecule has 1 amide bonds. The van der Waals surface area contributed by atoms with E-state index in [0.29, 0.717) is 41.3 Å². The highest BCUT2D eigenvalue weighted by Crippen LogP contribution is 2.29. The molecule has 0 saturated carbocycles. The van der Waals surface area contributed by atoms with Crippen LogP contribution < -0.4 is 19.5 Å². The minimum Gasteiger partial charge on any atom is -0.493 e. The maximum absolute atomic E-state index is 12.6. The summed E-state index contributed by atoms with van der Waals surface area (Å²) in [6.07, 6.45) is 2.58. The molecule has 2 aromatic carbocycles. The van der Waals surface area contributed by atoms with Crippen molar-refractivity contribution in [3.8, 4) is 23.3 Å². The molecule has 1 heterocycles. The summed E-state index contributed by atoms with van der Waals surface area (Å²) in [6.45, 7) is 9.06. The molecule has 1 unspecified atom stereocenters. The van der Waals surface area contributed by atoms with Crippen molar-refractivity contribution in [2.24, 2.45) is 0 Å². The van der Waals surface area contributed by atoms with Crippen LogP contribution in [0.4, 0.5) is 5.13 Å². The van der Waals surface area contributed by atoms with Crippen molar-refractivity contribution in [1.82, 2.24) is 10.2 Å². The van der Waals surface area contributed by atoms with E-state index in [1.165, 1.54) is 30.1 Å². The number of methoxy groups -OCH3 is 1. The van der Waals surface area contributed by atoms with Gasteiger partial charge in [0.25, 0.3) is 5.91 Å². The Morgan fingerprint density at radius 1 is 1.08 bits per heavy atom. The molecule has 3 rings (SSSR count). The van der Waals surface area contributed by atoms with E-state index >= 15 is 0 Å². The Labute approximate surface area is 221 Å². The van der Waals surface area contributed by atoms with Gasteiger partial charge in [-0.15, -0.1) is 10.2 Å². The standard InChI is InChI=1S/C28H32N4O4S/c1-6-19(4)21-8-10-23(11-9-21)35-13-14-36-24-12-7-20(16-25(24)34-5)15-22(17-29)26(33)30-28-32-31-27(37-28)18(2)3/h7-12,15-16,18-19H,6,13-14H2,1-5H3,(H,30,32,33)/b22-15-. The molecule has 0 spiro atoms. The largest absolute Gasteiger partial charge is 0.493 e. The van der Waals surface area contributed by atoms with Crippen molar-refractivity contribution in [3.63, 3.8) is 0 Å². The lowest BCUT2D eigenvalue weighted by molar-refractivity contribution is -0.112. The highest BCUT2D eigenvalue weighted by atomic mass is 32.1. The molecule has 1 atom stereocenters. The zero-order valence-electron chi connectivity index (χ0n) is 21.8. The first-order valence-electron chi connectivity index (χ1n) is 12.1. The van der Waals surface area contributed by atoms with Crippen LogP contribution in [0.1, 0.15) is 62.1 Å². The molecular formula is C28H32N4O4S. The number of amides is 1. The molecular weight excluding hydrogens is 488 g/mol. The summed E-state index contributed by atoms with van der Waals surface area (Å²) in [7, 11) is 1.53. The molecule has 1 N–H and O–H groups in total. The van der Waals surface area contributed by atoms with E-state index in [-0.39, 0.29) is 11.5 Å². The van der Waals surface area contributed by atoms with Gasteiger partial charge in [0.1, 0.15) is 35.6 Å². The molecule has 0 saturated heterocycles. The normalized spacial score (nSPS) is 12.1. The van der Waals surface area contributed by atoms with Crippen molar-refractivity contribution < 1.29 is 19.0 Å². The second kappa shape index (κ2) is 13.4. The number of ether oxygens (including phenoxy) is 3. The molecule has 0 aliphatic carbocycles. The van der Waals surface area contributed by atoms with Gasteiger partial charge in [-0.2, -0.15) is 5.26 Å². The summed E-state index contributed by atoms with van der Waals surface area (Å²) in [4.78, 5) is 12.6. The van der Waals surface area contributed by atoms with Gasteiger partial charge >= 0.3 is 0 Å². The number of nitrogens with one attached hydrogen (secondary N) is 1. The Morgan fingerprint density at radius 2 is 1.81 bits per heavy atom. The molecule has 0 radical (unpaired) electrons. The van der Waals surface area contributed by atoms with E-state index < -0.39 is 5.91 Å². The third kappa shape index (κ3) is 7.79. The van der Waals surface area contributed by atoms with Crippen LogP contribution in [-0.2, 0) is 4.79 Å². The lowest BCUT2D eigenvalue weighted by Gasteiger charge is -2.13. The molecule has 0 aliphatic rings. The van der Waals surface area contributed by atoms with Gasteiger partial charge in [-0.1, -0.05) is 57.2 Å². The number of rotatable bonds is 12. The summed E-state index contributed by atoms with van der Waals surface area (Å²) in [5.41, 5.74) is 1.85. The highest BCUT2D eigenvalue weighted by Gasteiger charge is 2.15. The monoisotopic (exact) mass is 520 g/mol. The second-order valence-corrected chi connectivity index (χ2v) is 9.72. The van der Waals surface area contributed by atoms with Gasteiger partial charge in [0, 0.05) is 5.92 Å². The van der Waals surface area contributed by atoms with Gasteiger partial charge < -0.3 is 14.2 Å². The van der Waals surface area contributed by atoms with Crippen molar-refractivity contribution in [2.45, 2.75) is 46.0 Å². The van der Waals surface area contributed by atoms with Crippen molar-refractivity contribution >= 4 is 28.5 Å². The summed E-state index contributed by atoms with van der Waals surface area (Å²) < 4.78 is 17.1. The summed E-state index contributed by atoms with van der Waals surface area (Å²) >= 11 is 1.28. The van der Waals surface area contributed by atoms with Crippen LogP contribution in [-0.4, -0.2) is 36.4 Å². The van der Waals surface area contributed by atoms with E-state index in [2.05, 4.69) is 41.5 Å². The molecule has 1 aromatic heterocycles. The molecule has 0 fully saturated rings. The second-order valence-electron chi connectivity index (χ2n) is 8.71. The molecule has 3 aromatic rings. The zero-order chi connectivity index (χ0) is 26.8. The summed E-state index contributed by atoms with van der Waals surface area (Å²) in [6, 6.07) is 15.3. The molecule has 8 nitrogen and oxygen atoms in total. The molecule has 0 aliphatic heterocycles. The number of anilines is 1. The SMILES string of the molecule is CCC(C)c1ccc(OCCOc2ccc(/C=C(/C#N)C(=O)Nc3nnc(C(C)C)s3)cc2OC)cc1.